The Bertz CT molecular complexity index is 1400. The van der Waals surface area contributed by atoms with Gasteiger partial charge in [0.2, 0.25) is 0 Å². The molecule has 1 aromatic carbocycles. The van der Waals surface area contributed by atoms with Crippen LogP contribution in [0.15, 0.2) is 11.1 Å². The minimum absolute atomic E-state index is 0.0290. The summed E-state index contributed by atoms with van der Waals surface area (Å²) in [7, 11) is 1.16. The summed E-state index contributed by atoms with van der Waals surface area (Å²) in [4.78, 5) is 39.7. The zero-order valence-electron chi connectivity index (χ0n) is 23.5. The average molecular weight is 591 g/mol. The smallest absolute Gasteiger partial charge is 0.308 e. The minimum atomic E-state index is -2.05. The van der Waals surface area contributed by atoms with Gasteiger partial charge in [-0.25, -0.2) is 0 Å². The predicted octanol–water partition coefficient (Wildman–Crippen LogP) is 0.807. The summed E-state index contributed by atoms with van der Waals surface area (Å²) >= 11 is 0. The Balaban J connectivity index is 1.44. The number of aliphatic hydroxyl groups is 3. The number of ketones is 2. The van der Waals surface area contributed by atoms with Crippen LogP contribution in [0.1, 0.15) is 84.4 Å². The zero-order chi connectivity index (χ0) is 30.4. The van der Waals surface area contributed by atoms with Crippen molar-refractivity contribution in [1.82, 2.24) is 0 Å². The lowest BCUT2D eigenvalue weighted by Crippen LogP contribution is -2.60. The van der Waals surface area contributed by atoms with Crippen LogP contribution in [0.4, 0.5) is 0 Å². The number of rotatable bonds is 4. The lowest BCUT2D eigenvalue weighted by molar-refractivity contribution is -0.311. The van der Waals surface area contributed by atoms with Gasteiger partial charge in [-0.15, -0.1) is 0 Å². The molecule has 0 saturated carbocycles. The summed E-state index contributed by atoms with van der Waals surface area (Å²) < 4.78 is 28.3. The van der Waals surface area contributed by atoms with Crippen molar-refractivity contribution in [2.75, 3.05) is 7.11 Å². The Morgan fingerprint density at radius 2 is 1.64 bits per heavy atom. The number of aromatic hydroxyl groups is 2. The van der Waals surface area contributed by atoms with E-state index in [0.717, 1.165) is 7.11 Å². The highest BCUT2D eigenvalue weighted by Crippen LogP contribution is 2.60. The standard InChI is InChI=1S/C29H34O13/c1-9-12(30)5-6-17(40-9)42-15-7-13-19-23(29(15,37)11(3)41-13)28(36)22-21(26(19)34)27(35)20-18(25(22)33)10(2)39-14(24(20)32)8-16(31)38-4/h9-15,17,24,30,32,34,36-37H,5-8H2,1-4H3/t9-,10-,11-,12+,13-,14-,15-,17+,24+,29+/m0/s1. The fourth-order valence-corrected chi connectivity index (χ4v) is 7.09. The molecule has 228 valence electrons. The molecule has 4 heterocycles. The van der Waals surface area contributed by atoms with Gasteiger partial charge in [-0.1, -0.05) is 0 Å². The maximum Gasteiger partial charge on any atom is 0.308 e. The summed E-state index contributed by atoms with van der Waals surface area (Å²) in [6.07, 6.45) is -8.33. The molecule has 2 aliphatic carbocycles. The van der Waals surface area contributed by atoms with E-state index in [0.29, 0.717) is 12.8 Å². The maximum atomic E-state index is 13.9. The first kappa shape index (κ1) is 29.2. The van der Waals surface area contributed by atoms with Gasteiger partial charge in [-0.05, 0) is 27.2 Å². The molecule has 0 spiro atoms. The lowest BCUT2D eigenvalue weighted by atomic mass is 9.66. The van der Waals surface area contributed by atoms with Crippen LogP contribution in [0.3, 0.4) is 0 Å². The molecule has 0 radical (unpaired) electrons. The van der Waals surface area contributed by atoms with E-state index in [1.165, 1.54) is 6.92 Å². The van der Waals surface area contributed by atoms with Crippen molar-refractivity contribution in [3.8, 4) is 11.5 Å². The fourth-order valence-electron chi connectivity index (χ4n) is 7.09. The number of carbonyl (C=O) groups excluding carboxylic acids is 3. The number of phenols is 2. The molecular weight excluding hydrogens is 556 g/mol. The summed E-state index contributed by atoms with van der Waals surface area (Å²) in [5.74, 6) is -3.84. The number of ether oxygens (including phenoxy) is 5. The second-order valence-corrected chi connectivity index (χ2v) is 11.6. The zero-order valence-corrected chi connectivity index (χ0v) is 23.5. The molecule has 0 unspecified atom stereocenters. The van der Waals surface area contributed by atoms with E-state index in [-0.39, 0.29) is 35.1 Å². The molecule has 6 aliphatic rings. The van der Waals surface area contributed by atoms with Crippen molar-refractivity contribution >= 4 is 17.5 Å². The molecule has 2 fully saturated rings. The van der Waals surface area contributed by atoms with E-state index in [2.05, 4.69) is 4.74 Å². The van der Waals surface area contributed by atoms with Gasteiger partial charge in [0.15, 0.2) is 17.9 Å². The third-order valence-corrected chi connectivity index (χ3v) is 9.30. The molecule has 13 nitrogen and oxygen atoms in total. The number of hydrogen-bond acceptors (Lipinski definition) is 13. The molecule has 42 heavy (non-hydrogen) atoms. The number of carbonyl (C=O) groups is 3. The van der Waals surface area contributed by atoms with E-state index in [1.54, 1.807) is 13.8 Å². The molecule has 7 rings (SSSR count). The van der Waals surface area contributed by atoms with Crippen molar-refractivity contribution in [2.24, 2.45) is 0 Å². The third-order valence-electron chi connectivity index (χ3n) is 9.30. The van der Waals surface area contributed by atoms with Crippen LogP contribution in [0.5, 0.6) is 11.5 Å². The largest absolute Gasteiger partial charge is 0.507 e. The number of esters is 1. The highest BCUT2D eigenvalue weighted by atomic mass is 16.7. The Morgan fingerprint density at radius 3 is 2.31 bits per heavy atom. The summed E-state index contributed by atoms with van der Waals surface area (Å²) in [6.45, 7) is 4.74. The van der Waals surface area contributed by atoms with Crippen LogP contribution in [-0.4, -0.2) is 99.2 Å². The van der Waals surface area contributed by atoms with Gasteiger partial charge in [0.25, 0.3) is 0 Å². The van der Waals surface area contributed by atoms with Crippen LogP contribution >= 0.6 is 0 Å². The minimum Gasteiger partial charge on any atom is -0.507 e. The molecule has 4 aliphatic heterocycles. The van der Waals surface area contributed by atoms with E-state index in [9.17, 15) is 39.9 Å². The van der Waals surface area contributed by atoms with Crippen LogP contribution in [0.25, 0.3) is 0 Å². The van der Waals surface area contributed by atoms with Crippen LogP contribution in [0, 0.1) is 0 Å². The van der Waals surface area contributed by atoms with E-state index < -0.39 is 101 Å². The lowest BCUT2D eigenvalue weighted by Gasteiger charge is -2.54. The second kappa shape index (κ2) is 10.1. The number of methoxy groups -OCH3 is 1. The normalized spacial score (nSPS) is 39.1. The molecule has 2 saturated heterocycles. The summed E-state index contributed by atoms with van der Waals surface area (Å²) in [5, 5.41) is 56.3. The van der Waals surface area contributed by atoms with E-state index >= 15 is 0 Å². The van der Waals surface area contributed by atoms with Gasteiger partial charge in [-0.3, -0.25) is 14.4 Å². The van der Waals surface area contributed by atoms with Crippen LogP contribution < -0.4 is 0 Å². The molecule has 13 heteroatoms. The highest BCUT2D eigenvalue weighted by molar-refractivity contribution is 6.30. The number of benzene rings is 1. The Kier molecular flexibility index (Phi) is 7.00. The molecular formula is C29H34O13. The van der Waals surface area contributed by atoms with Gasteiger partial charge in [0.05, 0.1) is 67.4 Å². The van der Waals surface area contributed by atoms with Crippen molar-refractivity contribution in [3.63, 3.8) is 0 Å². The maximum absolute atomic E-state index is 13.9. The van der Waals surface area contributed by atoms with Crippen molar-refractivity contribution in [1.29, 1.82) is 0 Å². The van der Waals surface area contributed by atoms with E-state index in [4.69, 9.17) is 18.9 Å². The molecule has 10 atom stereocenters. The fraction of sp³-hybridized carbons (Fsp3) is 0.621. The first-order valence-electron chi connectivity index (χ1n) is 14.0. The van der Waals surface area contributed by atoms with Gasteiger partial charge < -0.3 is 49.2 Å². The van der Waals surface area contributed by atoms with Gasteiger partial charge in [0, 0.05) is 35.1 Å². The molecule has 2 bridgehead atoms. The number of hydrogen-bond donors (Lipinski definition) is 5. The Morgan fingerprint density at radius 1 is 0.976 bits per heavy atom. The van der Waals surface area contributed by atoms with Gasteiger partial charge in [0.1, 0.15) is 23.2 Å². The SMILES string of the molecule is COC(=O)C[C@@H]1O[C@@H](C)C2=C(C(=O)c3c(O)c4c(c(O)c3C2=O)[C@@]2(O)[C@H](C)O[C@H]4C[C@@H]2O[C@@H]2CC[C@@H](O)[C@H](C)O2)[C@@H]1O. The van der Waals surface area contributed by atoms with Crippen molar-refractivity contribution < 1.29 is 63.6 Å². The summed E-state index contributed by atoms with van der Waals surface area (Å²) in [6, 6.07) is 0. The van der Waals surface area contributed by atoms with Crippen LogP contribution in [-0.2, 0) is 34.1 Å². The topological polar surface area (TPSA) is 199 Å². The first-order valence-corrected chi connectivity index (χ1v) is 14.0. The van der Waals surface area contributed by atoms with Crippen LogP contribution in [0.2, 0.25) is 0 Å². The Labute approximate surface area is 240 Å². The monoisotopic (exact) mass is 590 g/mol. The van der Waals surface area contributed by atoms with Crippen molar-refractivity contribution in [3.05, 3.63) is 33.4 Å². The molecule has 0 amide bonds. The van der Waals surface area contributed by atoms with Gasteiger partial charge >= 0.3 is 5.97 Å². The Hall–Kier alpha value is -2.91. The highest BCUT2D eigenvalue weighted by Gasteiger charge is 2.61. The van der Waals surface area contributed by atoms with Gasteiger partial charge in [-0.2, -0.15) is 0 Å². The number of fused-ring (bicyclic) bond motifs is 3. The quantitative estimate of drug-likeness (QED) is 0.244. The average Bonchev–Trinajstić information content (AvgIpc) is 2.93. The van der Waals surface area contributed by atoms with E-state index in [1.807, 2.05) is 0 Å². The predicted molar refractivity (Wildman–Crippen MR) is 139 cm³/mol. The number of Topliss-reactive ketones (excluding diaryl/α,β-unsaturated/α-hetero) is 2. The third kappa shape index (κ3) is 3.99. The van der Waals surface area contributed by atoms with Crippen molar-refractivity contribution in [2.45, 2.75) is 107 Å². The molecule has 0 aromatic heterocycles. The molecule has 1 aromatic rings. The summed E-state index contributed by atoms with van der Waals surface area (Å²) in [5.41, 5.74) is -3.89. The second-order valence-electron chi connectivity index (χ2n) is 11.6. The molecule has 5 N–H and O–H groups in total. The first-order chi connectivity index (χ1) is 19.8. The number of phenolic OH excluding ortho intramolecular Hbond substituents is 2. The number of aliphatic hydroxyl groups excluding tert-OH is 2.